The number of ether oxygens (including phenoxy) is 1. The fourth-order valence-corrected chi connectivity index (χ4v) is 5.77. The molecule has 12 heteroatoms. The van der Waals surface area contributed by atoms with Gasteiger partial charge < -0.3 is 20.7 Å². The second kappa shape index (κ2) is 15.3. The molecule has 4 aromatic carbocycles. The minimum Gasteiger partial charge on any atom is -0.497 e. The van der Waals surface area contributed by atoms with Gasteiger partial charge in [-0.05, 0) is 66.7 Å². The second-order valence-electron chi connectivity index (χ2n) is 9.60. The smallest absolute Gasteiger partial charge is 0.272 e. The van der Waals surface area contributed by atoms with E-state index in [9.17, 15) is 18.8 Å². The topological polar surface area (TPSA) is 109 Å². The van der Waals surface area contributed by atoms with E-state index in [1.54, 1.807) is 61.7 Å². The van der Waals surface area contributed by atoms with Crippen LogP contribution in [-0.4, -0.2) is 35.6 Å². The lowest BCUT2D eigenvalue weighted by Crippen LogP contribution is -2.30. The molecule has 0 radical (unpaired) electrons. The normalized spacial score (nSPS) is 11.1. The van der Waals surface area contributed by atoms with Gasteiger partial charge in [0.15, 0.2) is 5.13 Å². The van der Waals surface area contributed by atoms with Crippen molar-refractivity contribution in [3.8, 4) is 17.0 Å². The Morgan fingerprint density at radius 3 is 2.46 bits per heavy atom. The van der Waals surface area contributed by atoms with E-state index in [1.807, 2.05) is 29.6 Å². The number of nitrogens with zero attached hydrogens (tertiary/aromatic N) is 1. The highest BCUT2D eigenvalue weighted by Crippen LogP contribution is 2.28. The van der Waals surface area contributed by atoms with Crippen LogP contribution in [0.5, 0.6) is 5.75 Å². The molecule has 5 aromatic rings. The summed E-state index contributed by atoms with van der Waals surface area (Å²) in [7, 11) is 1.60. The summed E-state index contributed by atoms with van der Waals surface area (Å²) < 4.78 is 19.8. The fraction of sp³-hybridized carbons (Fsp3) is 0.0588. The van der Waals surface area contributed by atoms with Crippen molar-refractivity contribution < 1.29 is 23.5 Å². The van der Waals surface area contributed by atoms with Crippen molar-refractivity contribution in [1.29, 1.82) is 0 Å². The molecule has 3 N–H and O–H groups in total. The zero-order valence-electron chi connectivity index (χ0n) is 24.3. The third kappa shape index (κ3) is 8.60. The van der Waals surface area contributed by atoms with Crippen molar-refractivity contribution in [1.82, 2.24) is 10.3 Å². The fourth-order valence-electron chi connectivity index (χ4n) is 4.12. The molecule has 0 bridgehead atoms. The Hall–Kier alpha value is -4.97. The zero-order chi connectivity index (χ0) is 32.5. The standard InChI is InChI=1S/C34H26ClFN4O4S2/c1-44-24-10-5-9-22(17-24)30-19-46-34(39-30)40-31(41)20-45-25-15-13-23(14-16-25)37-33(43)29(18-26-27(35)11-6-12-28(26)36)38-32(42)21-7-3-2-4-8-21/h2-19H,20H2,1H3,(H,37,43)(H,38,42)(H,39,40,41)/b29-18-. The molecule has 0 aliphatic heterocycles. The van der Waals surface area contributed by atoms with E-state index in [-0.39, 0.29) is 27.9 Å². The summed E-state index contributed by atoms with van der Waals surface area (Å²) in [6.07, 6.45) is 1.19. The number of rotatable bonds is 11. The Kier molecular flexibility index (Phi) is 10.8. The Morgan fingerprint density at radius 1 is 0.957 bits per heavy atom. The van der Waals surface area contributed by atoms with Gasteiger partial charge >= 0.3 is 0 Å². The number of carbonyl (C=O) groups excluding carboxylic acids is 3. The van der Waals surface area contributed by atoms with Gasteiger partial charge in [-0.2, -0.15) is 0 Å². The Balaban J connectivity index is 1.20. The van der Waals surface area contributed by atoms with Crippen molar-refractivity contribution in [2.45, 2.75) is 4.90 Å². The van der Waals surface area contributed by atoms with Crippen molar-refractivity contribution >= 4 is 69.3 Å². The molecule has 46 heavy (non-hydrogen) atoms. The lowest BCUT2D eigenvalue weighted by atomic mass is 10.1. The zero-order valence-corrected chi connectivity index (χ0v) is 26.6. The molecule has 5 rings (SSSR count). The Morgan fingerprint density at radius 2 is 1.72 bits per heavy atom. The molecule has 0 unspecified atom stereocenters. The van der Waals surface area contributed by atoms with Crippen molar-refractivity contribution in [3.05, 3.63) is 130 Å². The SMILES string of the molecule is COc1cccc(-c2csc(NC(=O)CSc3ccc(NC(=O)/C(=C/c4c(F)cccc4Cl)NC(=O)c4ccccc4)cc3)n2)c1. The maximum atomic E-state index is 14.5. The summed E-state index contributed by atoms with van der Waals surface area (Å²) in [4.78, 5) is 44.0. The minimum atomic E-state index is -0.680. The molecule has 8 nitrogen and oxygen atoms in total. The van der Waals surface area contributed by atoms with Gasteiger partial charge in [0.1, 0.15) is 17.3 Å². The van der Waals surface area contributed by atoms with Crippen LogP contribution in [0, 0.1) is 5.82 Å². The van der Waals surface area contributed by atoms with E-state index >= 15 is 0 Å². The first kappa shape index (κ1) is 32.4. The molecular weight excluding hydrogens is 647 g/mol. The molecule has 232 valence electrons. The highest BCUT2D eigenvalue weighted by atomic mass is 35.5. The molecule has 3 amide bonds. The first-order valence-electron chi connectivity index (χ1n) is 13.7. The van der Waals surface area contributed by atoms with Gasteiger partial charge in [0, 0.05) is 32.7 Å². The van der Waals surface area contributed by atoms with E-state index in [4.69, 9.17) is 16.3 Å². The summed E-state index contributed by atoms with van der Waals surface area (Å²) in [6, 6.07) is 26.8. The number of methoxy groups -OCH3 is 1. The second-order valence-corrected chi connectivity index (χ2v) is 11.9. The number of thiazole rings is 1. The van der Waals surface area contributed by atoms with E-state index in [1.165, 1.54) is 47.4 Å². The molecule has 0 aliphatic carbocycles. The average Bonchev–Trinajstić information content (AvgIpc) is 3.54. The number of nitrogens with one attached hydrogen (secondary N) is 3. The number of anilines is 2. The van der Waals surface area contributed by atoms with Gasteiger partial charge in [-0.15, -0.1) is 23.1 Å². The third-order valence-corrected chi connectivity index (χ3v) is 8.51. The number of benzene rings is 4. The van der Waals surface area contributed by atoms with E-state index in [2.05, 4.69) is 20.9 Å². The molecule has 0 spiro atoms. The number of hydrogen-bond donors (Lipinski definition) is 3. The van der Waals surface area contributed by atoms with Crippen LogP contribution >= 0.6 is 34.7 Å². The lowest BCUT2D eigenvalue weighted by Gasteiger charge is -2.12. The van der Waals surface area contributed by atoms with Gasteiger partial charge in [-0.3, -0.25) is 14.4 Å². The van der Waals surface area contributed by atoms with Crippen LogP contribution in [0.15, 0.2) is 113 Å². The molecule has 0 saturated heterocycles. The predicted molar refractivity (Wildman–Crippen MR) is 182 cm³/mol. The van der Waals surface area contributed by atoms with Crippen LogP contribution in [-0.2, 0) is 9.59 Å². The molecule has 0 saturated carbocycles. The summed E-state index contributed by atoms with van der Waals surface area (Å²) in [5.41, 5.74) is 2.12. The van der Waals surface area contributed by atoms with Gasteiger partial charge in [-0.25, -0.2) is 9.37 Å². The molecule has 1 heterocycles. The van der Waals surface area contributed by atoms with Crippen LogP contribution in [0.1, 0.15) is 15.9 Å². The van der Waals surface area contributed by atoms with E-state index in [0.29, 0.717) is 16.4 Å². The summed E-state index contributed by atoms with van der Waals surface area (Å²) in [6.45, 7) is 0. The summed E-state index contributed by atoms with van der Waals surface area (Å²) >= 11 is 8.82. The lowest BCUT2D eigenvalue weighted by molar-refractivity contribution is -0.114. The van der Waals surface area contributed by atoms with Crippen LogP contribution in [0.25, 0.3) is 17.3 Å². The number of halogens is 2. The molecule has 1 aromatic heterocycles. The third-order valence-electron chi connectivity index (χ3n) is 6.42. The highest BCUT2D eigenvalue weighted by molar-refractivity contribution is 8.00. The molecular formula is C34H26ClFN4O4S2. The van der Waals surface area contributed by atoms with Crippen molar-refractivity contribution in [2.75, 3.05) is 23.5 Å². The summed E-state index contributed by atoms with van der Waals surface area (Å²) in [5.74, 6) is -1.23. The molecule has 0 fully saturated rings. The largest absolute Gasteiger partial charge is 0.497 e. The number of hydrogen-bond acceptors (Lipinski definition) is 7. The maximum Gasteiger partial charge on any atom is 0.272 e. The highest BCUT2D eigenvalue weighted by Gasteiger charge is 2.17. The average molecular weight is 673 g/mol. The summed E-state index contributed by atoms with van der Waals surface area (Å²) in [5, 5.41) is 10.5. The molecule has 0 atom stereocenters. The van der Waals surface area contributed by atoms with Crippen LogP contribution in [0.2, 0.25) is 5.02 Å². The Labute approximate surface area is 277 Å². The number of thioether (sulfide) groups is 1. The van der Waals surface area contributed by atoms with Crippen LogP contribution in [0.3, 0.4) is 0 Å². The van der Waals surface area contributed by atoms with E-state index < -0.39 is 17.6 Å². The number of carbonyl (C=O) groups is 3. The van der Waals surface area contributed by atoms with Gasteiger partial charge in [-0.1, -0.05) is 48.0 Å². The Bertz CT molecular complexity index is 1880. The van der Waals surface area contributed by atoms with Crippen LogP contribution < -0.4 is 20.7 Å². The van der Waals surface area contributed by atoms with Crippen LogP contribution in [0.4, 0.5) is 15.2 Å². The minimum absolute atomic E-state index is 0.0398. The number of amides is 3. The first-order valence-corrected chi connectivity index (χ1v) is 16.0. The predicted octanol–water partition coefficient (Wildman–Crippen LogP) is 7.75. The number of aromatic nitrogens is 1. The van der Waals surface area contributed by atoms with Gasteiger partial charge in [0.25, 0.3) is 11.8 Å². The van der Waals surface area contributed by atoms with E-state index in [0.717, 1.165) is 21.9 Å². The monoisotopic (exact) mass is 672 g/mol. The maximum absolute atomic E-state index is 14.5. The quantitative estimate of drug-likeness (QED) is 0.0978. The molecule has 0 aliphatic rings. The first-order chi connectivity index (χ1) is 22.3. The van der Waals surface area contributed by atoms with Crippen molar-refractivity contribution in [3.63, 3.8) is 0 Å². The van der Waals surface area contributed by atoms with Crippen molar-refractivity contribution in [2.24, 2.45) is 0 Å². The van der Waals surface area contributed by atoms with Gasteiger partial charge in [0.2, 0.25) is 5.91 Å². The van der Waals surface area contributed by atoms with Gasteiger partial charge in [0.05, 0.1) is 23.6 Å².